The largest absolute Gasteiger partial charge is 0.490 e. The molecule has 43 heavy (non-hydrogen) atoms. The van der Waals surface area contributed by atoms with Crippen molar-refractivity contribution < 1.29 is 41.7 Å². The first-order valence-corrected chi connectivity index (χ1v) is 13.9. The van der Waals surface area contributed by atoms with E-state index in [0.29, 0.717) is 51.5 Å². The number of rotatable bonds is 7. The van der Waals surface area contributed by atoms with Crippen LogP contribution < -0.4 is 24.6 Å². The summed E-state index contributed by atoms with van der Waals surface area (Å²) >= 11 is 0. The summed E-state index contributed by atoms with van der Waals surface area (Å²) in [6.45, 7) is 8.36. The van der Waals surface area contributed by atoms with E-state index in [4.69, 9.17) is 41.7 Å². The maximum atomic E-state index is 12.0. The minimum Gasteiger partial charge on any atom is -0.490 e. The van der Waals surface area contributed by atoms with E-state index >= 15 is 0 Å². The van der Waals surface area contributed by atoms with Gasteiger partial charge in [0, 0.05) is 18.2 Å². The number of hydrogen-bond acceptors (Lipinski definition) is 10. The molecule has 0 amide bonds. The van der Waals surface area contributed by atoms with Crippen LogP contribution in [-0.4, -0.2) is 38.0 Å². The Morgan fingerprint density at radius 1 is 0.953 bits per heavy atom. The minimum absolute atomic E-state index is 0.0912. The molecule has 0 saturated carbocycles. The van der Waals surface area contributed by atoms with Crippen LogP contribution in [0.3, 0.4) is 0 Å². The van der Waals surface area contributed by atoms with E-state index in [2.05, 4.69) is 0 Å². The molecule has 1 fully saturated rings. The fourth-order valence-electron chi connectivity index (χ4n) is 5.46. The second-order valence-corrected chi connectivity index (χ2v) is 11.2. The molecule has 2 unspecified atom stereocenters. The van der Waals surface area contributed by atoms with Gasteiger partial charge in [-0.3, -0.25) is 0 Å². The molecule has 10 nitrogen and oxygen atoms in total. The molecule has 2 aliphatic heterocycles. The highest BCUT2D eigenvalue weighted by Crippen LogP contribution is 2.48. The van der Waals surface area contributed by atoms with Gasteiger partial charge >= 0.3 is 11.6 Å². The summed E-state index contributed by atoms with van der Waals surface area (Å²) in [5, 5.41) is 2.07. The zero-order valence-electron chi connectivity index (χ0n) is 24.3. The predicted octanol–water partition coefficient (Wildman–Crippen LogP) is 6.97. The zero-order valence-corrected chi connectivity index (χ0v) is 24.3. The number of ether oxygens (including phenoxy) is 6. The van der Waals surface area contributed by atoms with Gasteiger partial charge in [-0.15, -0.1) is 0 Å². The Morgan fingerprint density at radius 3 is 2.56 bits per heavy atom. The lowest BCUT2D eigenvalue weighted by atomic mass is 10.0. The third kappa shape index (κ3) is 4.54. The second kappa shape index (κ2) is 9.96. The number of hydrogen-bond donors (Lipinski definition) is 0. The molecular weight excluding hydrogens is 556 g/mol. The van der Waals surface area contributed by atoms with Crippen LogP contribution in [0.4, 0.5) is 0 Å². The first-order valence-electron chi connectivity index (χ1n) is 13.9. The first kappa shape index (κ1) is 27.2. The Balaban J connectivity index is 1.19. The number of furan rings is 2. The van der Waals surface area contributed by atoms with E-state index in [-0.39, 0.29) is 12.2 Å². The van der Waals surface area contributed by atoms with E-state index in [1.807, 2.05) is 45.9 Å². The molecule has 5 heterocycles. The number of fused-ring (bicyclic) bond motifs is 4. The molecule has 0 bridgehead atoms. The van der Waals surface area contributed by atoms with Crippen molar-refractivity contribution >= 4 is 39.0 Å². The molecule has 1 saturated heterocycles. The highest BCUT2D eigenvalue weighted by Gasteiger charge is 2.55. The average molecular weight is 587 g/mol. The molecular formula is C33H30O10. The highest BCUT2D eigenvalue weighted by atomic mass is 16.9. The van der Waals surface area contributed by atoms with Gasteiger partial charge in [0.2, 0.25) is 5.75 Å². The summed E-state index contributed by atoms with van der Waals surface area (Å²) in [6.07, 6.45) is 8.21. The lowest BCUT2D eigenvalue weighted by Crippen LogP contribution is -2.39. The predicted molar refractivity (Wildman–Crippen MR) is 158 cm³/mol. The monoisotopic (exact) mass is 586 g/mol. The first-order chi connectivity index (χ1) is 20.7. The van der Waals surface area contributed by atoms with Gasteiger partial charge in [-0.1, -0.05) is 5.57 Å². The van der Waals surface area contributed by atoms with Gasteiger partial charge < -0.3 is 41.7 Å². The molecule has 0 radical (unpaired) electrons. The summed E-state index contributed by atoms with van der Waals surface area (Å²) in [5.74, 6) is 0.443. The van der Waals surface area contributed by atoms with E-state index in [1.54, 1.807) is 30.5 Å². The molecule has 10 heteroatoms. The molecule has 5 aromatic rings. The van der Waals surface area contributed by atoms with Gasteiger partial charge in [-0.25, -0.2) is 4.79 Å². The fraction of sp³-hybridized carbons (Fsp3) is 0.303. The van der Waals surface area contributed by atoms with Crippen LogP contribution in [0, 0.1) is 0 Å². The van der Waals surface area contributed by atoms with Crippen molar-refractivity contribution in [3.63, 3.8) is 0 Å². The third-order valence-electron chi connectivity index (χ3n) is 7.61. The van der Waals surface area contributed by atoms with Crippen LogP contribution in [0.2, 0.25) is 0 Å². The number of allylic oxidation sites excluding steroid dienone is 1. The SMILES string of the molecule is COc1c2occc2c(OCC2OC3(C=Cc4c(cc5occc5c4OCC=C(C)C)O3)OC2(C)C)c2ccc(=O)oc12. The van der Waals surface area contributed by atoms with Crippen molar-refractivity contribution in [1.82, 2.24) is 0 Å². The maximum absolute atomic E-state index is 12.0. The normalized spacial score (nSPS) is 20.4. The van der Waals surface area contributed by atoms with Crippen molar-refractivity contribution in [2.24, 2.45) is 0 Å². The molecule has 2 aliphatic rings. The molecule has 222 valence electrons. The van der Waals surface area contributed by atoms with Gasteiger partial charge in [0.15, 0.2) is 11.2 Å². The van der Waals surface area contributed by atoms with Crippen molar-refractivity contribution in [2.75, 3.05) is 20.3 Å². The number of methoxy groups -OCH3 is 1. The van der Waals surface area contributed by atoms with Crippen LogP contribution in [0.5, 0.6) is 23.0 Å². The summed E-state index contributed by atoms with van der Waals surface area (Å²) < 4.78 is 54.1. The Kier molecular flexibility index (Phi) is 6.30. The Morgan fingerprint density at radius 2 is 1.74 bits per heavy atom. The average Bonchev–Trinajstić information content (AvgIpc) is 3.68. The van der Waals surface area contributed by atoms with E-state index in [0.717, 1.165) is 16.5 Å². The quantitative estimate of drug-likeness (QED) is 0.146. The molecule has 0 N–H and O–H groups in total. The maximum Gasteiger partial charge on any atom is 0.350 e. The summed E-state index contributed by atoms with van der Waals surface area (Å²) in [7, 11) is 1.49. The van der Waals surface area contributed by atoms with Crippen LogP contribution >= 0.6 is 0 Å². The van der Waals surface area contributed by atoms with Crippen LogP contribution in [-0.2, 0) is 9.47 Å². The standard InChI is InChI=1S/C33H30O10/c1-18(2)9-13-37-27-19-8-12-33(41-24(19)16-23-20(27)10-14-36-23)42-25(32(3,4)43-33)17-39-28-21-6-7-26(34)40-30(21)31(35-5)29-22(28)11-15-38-29/h6-12,14-16,25H,13,17H2,1-5H3. The topological polar surface area (TPSA) is 112 Å². The van der Waals surface area contributed by atoms with Crippen molar-refractivity contribution in [1.29, 1.82) is 0 Å². The van der Waals surface area contributed by atoms with Gasteiger partial charge in [-0.05, 0) is 58.0 Å². The van der Waals surface area contributed by atoms with Crippen molar-refractivity contribution in [2.45, 2.75) is 45.4 Å². The molecule has 0 aliphatic carbocycles. The smallest absolute Gasteiger partial charge is 0.350 e. The number of benzene rings is 2. The van der Waals surface area contributed by atoms with Gasteiger partial charge in [0.1, 0.15) is 42.1 Å². The van der Waals surface area contributed by atoms with Crippen molar-refractivity contribution in [3.05, 3.63) is 76.6 Å². The molecule has 2 atom stereocenters. The minimum atomic E-state index is -1.50. The van der Waals surface area contributed by atoms with Crippen LogP contribution in [0.25, 0.3) is 39.0 Å². The second-order valence-electron chi connectivity index (χ2n) is 11.2. The van der Waals surface area contributed by atoms with E-state index in [1.165, 1.54) is 19.4 Å². The summed E-state index contributed by atoms with van der Waals surface area (Å²) in [6, 6.07) is 8.42. The summed E-state index contributed by atoms with van der Waals surface area (Å²) in [5.41, 5.74) is 1.84. The molecule has 2 aromatic carbocycles. The van der Waals surface area contributed by atoms with Crippen LogP contribution in [0.1, 0.15) is 33.3 Å². The molecule has 7 rings (SSSR count). The lowest BCUT2D eigenvalue weighted by molar-refractivity contribution is -0.271. The third-order valence-corrected chi connectivity index (χ3v) is 7.61. The summed E-state index contributed by atoms with van der Waals surface area (Å²) in [4.78, 5) is 12.0. The molecule has 1 spiro atoms. The Bertz CT molecular complexity index is 1980. The lowest BCUT2D eigenvalue weighted by Gasteiger charge is -2.30. The van der Waals surface area contributed by atoms with Gasteiger partial charge in [0.05, 0.1) is 47.0 Å². The zero-order chi connectivity index (χ0) is 29.9. The van der Waals surface area contributed by atoms with Gasteiger partial charge in [-0.2, -0.15) is 0 Å². The molecule has 3 aromatic heterocycles. The fourth-order valence-corrected chi connectivity index (χ4v) is 5.46. The van der Waals surface area contributed by atoms with Crippen molar-refractivity contribution in [3.8, 4) is 23.0 Å². The van der Waals surface area contributed by atoms with Crippen LogP contribution in [0.15, 0.2) is 78.6 Å². The Labute approximate surface area is 245 Å². The van der Waals surface area contributed by atoms with Gasteiger partial charge in [0.25, 0.3) is 0 Å². The highest BCUT2D eigenvalue weighted by molar-refractivity contribution is 6.06. The van der Waals surface area contributed by atoms with E-state index < -0.39 is 23.3 Å². The Hall–Kier alpha value is -4.67. The van der Waals surface area contributed by atoms with E-state index in [9.17, 15) is 4.79 Å².